The summed E-state index contributed by atoms with van der Waals surface area (Å²) in [6, 6.07) is 0. The Hall–Kier alpha value is -1.02. The van der Waals surface area contributed by atoms with E-state index in [0.29, 0.717) is 0 Å². The lowest BCUT2D eigenvalue weighted by Gasteiger charge is -2.21. The Bertz CT molecular complexity index is 414. The van der Waals surface area contributed by atoms with Gasteiger partial charge in [-0.1, -0.05) is 0 Å². The van der Waals surface area contributed by atoms with Gasteiger partial charge in [-0.3, -0.25) is 29.0 Å². The van der Waals surface area contributed by atoms with E-state index in [2.05, 4.69) is 0 Å². The molecule has 0 N–H and O–H groups in total. The Kier molecular flexibility index (Phi) is 4.19. The maximum Gasteiger partial charge on any atom is 0.244 e. The molecule has 0 saturated carbocycles. The lowest BCUT2D eigenvalue weighted by molar-refractivity contribution is -0.147. The molecule has 2 saturated heterocycles. The molecule has 2 unspecified atom stereocenters. The molecule has 2 atom stereocenters. The molecule has 2 heterocycles. The first-order chi connectivity index (χ1) is 8.99. The molecule has 0 bridgehead atoms. The van der Waals surface area contributed by atoms with Gasteiger partial charge in [0.05, 0.1) is 10.5 Å². The van der Waals surface area contributed by atoms with Gasteiger partial charge in [0.2, 0.25) is 23.6 Å². The molecule has 0 spiro atoms. The van der Waals surface area contributed by atoms with Gasteiger partial charge in [0.25, 0.3) is 0 Å². The van der Waals surface area contributed by atoms with Crippen LogP contribution in [0, 0.1) is 0 Å². The fraction of sp³-hybridized carbons (Fsp3) is 0.636. The minimum atomic E-state index is -0.392. The van der Waals surface area contributed by atoms with Crippen LogP contribution in [-0.4, -0.2) is 63.1 Å². The quantitative estimate of drug-likeness (QED) is 0.677. The van der Waals surface area contributed by atoms with Crippen LogP contribution in [0.3, 0.4) is 0 Å². The summed E-state index contributed by atoms with van der Waals surface area (Å²) in [7, 11) is 0. The van der Waals surface area contributed by atoms with Crippen molar-refractivity contribution in [1.29, 1.82) is 0 Å². The zero-order valence-corrected chi connectivity index (χ0v) is 12.3. The predicted molar refractivity (Wildman–Crippen MR) is 72.4 cm³/mol. The van der Waals surface area contributed by atoms with Gasteiger partial charge in [-0.2, -0.15) is 23.5 Å². The predicted octanol–water partition coefficient (Wildman–Crippen LogP) is -0.0751. The Balaban J connectivity index is 2.09. The summed E-state index contributed by atoms with van der Waals surface area (Å²) < 4.78 is 0. The Morgan fingerprint density at radius 3 is 1.53 bits per heavy atom. The minimum absolute atomic E-state index is 0.141. The molecule has 8 heteroatoms. The number of carbonyl (C=O) groups is 4. The van der Waals surface area contributed by atoms with Crippen molar-refractivity contribution in [1.82, 2.24) is 9.80 Å². The molecule has 0 aromatic rings. The summed E-state index contributed by atoms with van der Waals surface area (Å²) in [5.41, 5.74) is 0. The van der Waals surface area contributed by atoms with Crippen molar-refractivity contribution in [3.63, 3.8) is 0 Å². The second-order valence-electron chi connectivity index (χ2n) is 4.32. The highest BCUT2D eigenvalue weighted by molar-refractivity contribution is 8.00. The number of thioether (sulfide) groups is 2. The monoisotopic (exact) mass is 302 g/mol. The molecule has 19 heavy (non-hydrogen) atoms. The third kappa shape index (κ3) is 2.51. The molecule has 0 aromatic heterocycles. The van der Waals surface area contributed by atoms with E-state index in [9.17, 15) is 19.2 Å². The van der Waals surface area contributed by atoms with Crippen LogP contribution >= 0.6 is 23.5 Å². The third-order valence-electron chi connectivity index (χ3n) is 3.26. The highest BCUT2D eigenvalue weighted by Gasteiger charge is 2.44. The van der Waals surface area contributed by atoms with E-state index in [4.69, 9.17) is 0 Å². The lowest BCUT2D eigenvalue weighted by atomic mass is 10.4. The molecule has 104 valence electrons. The summed E-state index contributed by atoms with van der Waals surface area (Å²) in [6.07, 6.45) is 3.80. The largest absolute Gasteiger partial charge is 0.274 e. The maximum absolute atomic E-state index is 11.9. The van der Waals surface area contributed by atoms with Gasteiger partial charge in [-0.15, -0.1) is 0 Å². The van der Waals surface area contributed by atoms with E-state index >= 15 is 0 Å². The van der Waals surface area contributed by atoms with Gasteiger partial charge in [0.1, 0.15) is 6.67 Å². The average Bonchev–Trinajstić information content (AvgIpc) is 2.82. The Morgan fingerprint density at radius 1 is 0.895 bits per heavy atom. The van der Waals surface area contributed by atoms with Crippen LogP contribution in [-0.2, 0) is 19.2 Å². The van der Waals surface area contributed by atoms with E-state index in [1.807, 2.05) is 0 Å². The summed E-state index contributed by atoms with van der Waals surface area (Å²) in [5.74, 6) is -1.27. The molecule has 0 radical (unpaired) electrons. The van der Waals surface area contributed by atoms with E-state index in [1.54, 1.807) is 12.5 Å². The first kappa shape index (κ1) is 14.4. The number of hydrogen-bond donors (Lipinski definition) is 0. The lowest BCUT2D eigenvalue weighted by Crippen LogP contribution is -2.44. The van der Waals surface area contributed by atoms with E-state index in [-0.39, 0.29) is 43.1 Å². The highest BCUT2D eigenvalue weighted by atomic mass is 32.2. The van der Waals surface area contributed by atoms with Crippen LogP contribution in [0.4, 0.5) is 0 Å². The summed E-state index contributed by atoms with van der Waals surface area (Å²) >= 11 is 2.62. The van der Waals surface area contributed by atoms with E-state index in [0.717, 1.165) is 9.80 Å². The van der Waals surface area contributed by atoms with Crippen LogP contribution in [0.25, 0.3) is 0 Å². The maximum atomic E-state index is 11.9. The highest BCUT2D eigenvalue weighted by Crippen LogP contribution is 2.27. The zero-order valence-electron chi connectivity index (χ0n) is 10.6. The first-order valence-corrected chi connectivity index (χ1v) is 8.31. The topological polar surface area (TPSA) is 74.8 Å². The summed E-state index contributed by atoms with van der Waals surface area (Å²) in [6.45, 7) is -0.233. The van der Waals surface area contributed by atoms with Crippen LogP contribution < -0.4 is 0 Å². The molecule has 4 amide bonds. The Morgan fingerprint density at radius 2 is 1.26 bits per heavy atom. The van der Waals surface area contributed by atoms with Gasteiger partial charge in [0.15, 0.2) is 0 Å². The SMILES string of the molecule is CSC1CC(=O)N(CN2C(=O)CC(SC)C2=O)C1=O. The Labute approximate surface area is 119 Å². The van der Waals surface area contributed by atoms with Crippen LogP contribution in [0.1, 0.15) is 12.8 Å². The van der Waals surface area contributed by atoms with Crippen LogP contribution in [0.15, 0.2) is 0 Å². The van der Waals surface area contributed by atoms with Gasteiger partial charge in [-0.25, -0.2) is 0 Å². The van der Waals surface area contributed by atoms with Crippen molar-refractivity contribution in [2.75, 3.05) is 19.2 Å². The molecule has 2 rings (SSSR count). The van der Waals surface area contributed by atoms with Crippen molar-refractivity contribution in [2.24, 2.45) is 0 Å². The summed E-state index contributed by atoms with van der Waals surface area (Å²) in [5, 5.41) is -0.784. The second kappa shape index (κ2) is 5.54. The smallest absolute Gasteiger partial charge is 0.244 e. The molecular weight excluding hydrogens is 288 g/mol. The molecular formula is C11H14N2O4S2. The first-order valence-electron chi connectivity index (χ1n) is 5.73. The fourth-order valence-electron chi connectivity index (χ4n) is 2.11. The fourth-order valence-corrected chi connectivity index (χ4v) is 3.39. The number of amides is 4. The van der Waals surface area contributed by atoms with Crippen molar-refractivity contribution in [3.8, 4) is 0 Å². The molecule has 0 aromatic carbocycles. The number of hydrogen-bond acceptors (Lipinski definition) is 6. The summed E-state index contributed by atoms with van der Waals surface area (Å²) in [4.78, 5) is 49.4. The van der Waals surface area contributed by atoms with Crippen LogP contribution in [0.2, 0.25) is 0 Å². The van der Waals surface area contributed by atoms with E-state index in [1.165, 1.54) is 23.5 Å². The number of imide groups is 2. The third-order valence-corrected chi connectivity index (χ3v) is 5.13. The van der Waals surface area contributed by atoms with Crippen molar-refractivity contribution in [3.05, 3.63) is 0 Å². The van der Waals surface area contributed by atoms with Gasteiger partial charge >= 0.3 is 0 Å². The number of rotatable bonds is 4. The van der Waals surface area contributed by atoms with Gasteiger partial charge in [-0.05, 0) is 12.5 Å². The number of carbonyl (C=O) groups excluding carboxylic acids is 4. The normalized spacial score (nSPS) is 27.9. The second-order valence-corrected chi connectivity index (χ2v) is 6.40. The van der Waals surface area contributed by atoms with Crippen molar-refractivity contribution >= 4 is 47.2 Å². The molecule has 2 aliphatic heterocycles. The molecule has 6 nitrogen and oxygen atoms in total. The molecule has 2 aliphatic rings. The standard InChI is InChI=1S/C11H14N2O4S2/c1-18-6-3-8(14)12(10(6)16)5-13-9(15)4-7(19-2)11(13)17/h6-7H,3-5H2,1-2H3. The number of likely N-dealkylation sites (tertiary alicyclic amines) is 2. The van der Waals surface area contributed by atoms with Crippen LogP contribution in [0.5, 0.6) is 0 Å². The van der Waals surface area contributed by atoms with Crippen molar-refractivity contribution < 1.29 is 19.2 Å². The average molecular weight is 302 g/mol. The minimum Gasteiger partial charge on any atom is -0.274 e. The number of nitrogens with zero attached hydrogens (tertiary/aromatic N) is 2. The van der Waals surface area contributed by atoms with Gasteiger partial charge in [0, 0.05) is 12.8 Å². The van der Waals surface area contributed by atoms with E-state index < -0.39 is 10.5 Å². The molecule has 2 fully saturated rings. The molecule has 0 aliphatic carbocycles. The zero-order chi connectivity index (χ0) is 14.2. The van der Waals surface area contributed by atoms with Gasteiger partial charge < -0.3 is 0 Å². The van der Waals surface area contributed by atoms with Crippen molar-refractivity contribution in [2.45, 2.75) is 23.3 Å².